The fourth-order valence-corrected chi connectivity index (χ4v) is 0.580. The second kappa shape index (κ2) is 7.89. The Hall–Kier alpha value is -0.340. The molecular weight excluding hydrogens is 231 g/mol. The van der Waals surface area contributed by atoms with Crippen molar-refractivity contribution in [2.75, 3.05) is 0 Å². The van der Waals surface area contributed by atoms with Gasteiger partial charge in [-0.3, -0.25) is 0 Å². The molecule has 0 rings (SSSR count). The van der Waals surface area contributed by atoms with Crippen molar-refractivity contribution in [3.63, 3.8) is 0 Å². The highest BCUT2D eigenvalue weighted by atomic mass is 31.2. The van der Waals surface area contributed by atoms with Crippen LogP contribution in [0.2, 0.25) is 0 Å². The lowest BCUT2D eigenvalue weighted by Crippen LogP contribution is -2.30. The zero-order valence-corrected chi connectivity index (χ0v) is 8.86. The number of hydrogen-bond acceptors (Lipinski definition) is 5. The molecule has 15 heavy (non-hydrogen) atoms. The van der Waals surface area contributed by atoms with Crippen molar-refractivity contribution in [2.24, 2.45) is 0 Å². The average molecular weight is 246 g/mol. The summed E-state index contributed by atoms with van der Waals surface area (Å²) < 4.78 is 8.88. The lowest BCUT2D eigenvalue weighted by molar-refractivity contribution is -0.121. The normalized spacial score (nSPS) is 17.0. The first-order chi connectivity index (χ1) is 6.57. The second-order valence-electron chi connectivity index (χ2n) is 2.79. The first kappa shape index (κ1) is 17.1. The Morgan fingerprint density at radius 1 is 1.20 bits per heavy atom. The van der Waals surface area contributed by atoms with E-state index in [1.807, 2.05) is 0 Å². The Morgan fingerprint density at radius 2 is 1.53 bits per heavy atom. The molecule has 0 bridgehead atoms. The molecular formula is C6H15O8P. The lowest BCUT2D eigenvalue weighted by atomic mass is 10.1. The summed E-state index contributed by atoms with van der Waals surface area (Å²) in [5.41, 5.74) is 0. The molecule has 0 saturated heterocycles. The summed E-state index contributed by atoms with van der Waals surface area (Å²) in [7, 11) is -4.64. The van der Waals surface area contributed by atoms with E-state index < -0.39 is 26.1 Å². The van der Waals surface area contributed by atoms with Crippen molar-refractivity contribution in [3.8, 4) is 0 Å². The van der Waals surface area contributed by atoms with Crippen LogP contribution in [-0.4, -0.2) is 54.6 Å². The van der Waals surface area contributed by atoms with Crippen molar-refractivity contribution in [2.45, 2.75) is 31.7 Å². The van der Waals surface area contributed by atoms with Gasteiger partial charge in [-0.1, -0.05) is 0 Å². The second-order valence-corrected chi connectivity index (χ2v) is 3.82. The standard InChI is InChI=1S/C6H12O4.H3O4P/c1-4(8)2-5(9)6(10)3-7;1-5(2,3)4/h3-6,8-10H,2H2,1H3;(H3,1,2,3,4)/t4-,5+,6+;/m1./s1. The van der Waals surface area contributed by atoms with Crippen LogP contribution in [-0.2, 0) is 9.36 Å². The van der Waals surface area contributed by atoms with Crippen molar-refractivity contribution in [3.05, 3.63) is 0 Å². The van der Waals surface area contributed by atoms with Crippen LogP contribution in [0.1, 0.15) is 13.3 Å². The van der Waals surface area contributed by atoms with E-state index in [0.717, 1.165) is 0 Å². The van der Waals surface area contributed by atoms with E-state index in [4.69, 9.17) is 34.6 Å². The maximum atomic E-state index is 9.84. The Kier molecular flexibility index (Phi) is 8.98. The molecule has 0 aliphatic carbocycles. The van der Waals surface area contributed by atoms with E-state index in [1.165, 1.54) is 6.92 Å². The molecule has 92 valence electrons. The smallest absolute Gasteiger partial charge is 0.393 e. The van der Waals surface area contributed by atoms with Crippen molar-refractivity contribution in [1.29, 1.82) is 0 Å². The summed E-state index contributed by atoms with van der Waals surface area (Å²) in [5.74, 6) is 0. The molecule has 8 nitrogen and oxygen atoms in total. The van der Waals surface area contributed by atoms with Gasteiger partial charge in [-0.2, -0.15) is 0 Å². The first-order valence-corrected chi connectivity index (χ1v) is 5.42. The molecule has 0 aliphatic rings. The Morgan fingerprint density at radius 3 is 1.73 bits per heavy atom. The Labute approximate surface area is 86.0 Å². The number of hydrogen-bond donors (Lipinski definition) is 6. The van der Waals surface area contributed by atoms with Crippen molar-refractivity contribution >= 4 is 14.1 Å². The van der Waals surface area contributed by atoms with Gasteiger partial charge in [-0.05, 0) is 6.92 Å². The molecule has 0 radical (unpaired) electrons. The zero-order chi connectivity index (χ0) is 12.6. The summed E-state index contributed by atoms with van der Waals surface area (Å²) >= 11 is 0. The molecule has 0 aliphatic heterocycles. The summed E-state index contributed by atoms with van der Waals surface area (Å²) in [6.45, 7) is 1.47. The molecule has 0 aromatic heterocycles. The van der Waals surface area contributed by atoms with E-state index >= 15 is 0 Å². The highest BCUT2D eigenvalue weighted by molar-refractivity contribution is 7.45. The SMILES string of the molecule is C[C@@H](O)C[C@H](O)[C@@H](O)C=O.O=P(O)(O)O. The van der Waals surface area contributed by atoms with Crippen LogP contribution >= 0.6 is 7.82 Å². The van der Waals surface area contributed by atoms with E-state index in [0.29, 0.717) is 0 Å². The third kappa shape index (κ3) is 19.9. The minimum absolute atomic E-state index is 0.0138. The number of aliphatic hydroxyl groups excluding tert-OH is 3. The molecule has 3 atom stereocenters. The van der Waals surface area contributed by atoms with Crippen molar-refractivity contribution < 1.29 is 39.4 Å². The lowest BCUT2D eigenvalue weighted by Gasteiger charge is -2.13. The van der Waals surface area contributed by atoms with Gasteiger partial charge in [0.1, 0.15) is 6.10 Å². The molecule has 0 heterocycles. The maximum absolute atomic E-state index is 9.84. The van der Waals surface area contributed by atoms with E-state index in [1.54, 1.807) is 0 Å². The maximum Gasteiger partial charge on any atom is 0.466 e. The van der Waals surface area contributed by atoms with Gasteiger partial charge in [0, 0.05) is 6.42 Å². The topological polar surface area (TPSA) is 156 Å². The first-order valence-electron chi connectivity index (χ1n) is 3.85. The predicted octanol–water partition coefficient (Wildman–Crippen LogP) is -2.25. The molecule has 6 N–H and O–H groups in total. The highest BCUT2D eigenvalue weighted by Gasteiger charge is 2.16. The van der Waals surface area contributed by atoms with Crippen LogP contribution in [0.4, 0.5) is 0 Å². The number of carbonyl (C=O) groups is 1. The summed E-state index contributed by atoms with van der Waals surface area (Å²) in [6, 6.07) is 0. The summed E-state index contributed by atoms with van der Waals surface area (Å²) in [5, 5.41) is 26.2. The van der Waals surface area contributed by atoms with Crippen molar-refractivity contribution in [1.82, 2.24) is 0 Å². The minimum Gasteiger partial charge on any atom is -0.393 e. The number of aldehydes is 1. The van der Waals surface area contributed by atoms with Crippen LogP contribution in [0.5, 0.6) is 0 Å². The van der Waals surface area contributed by atoms with E-state index in [2.05, 4.69) is 0 Å². The zero-order valence-electron chi connectivity index (χ0n) is 7.96. The van der Waals surface area contributed by atoms with Crippen LogP contribution in [0.25, 0.3) is 0 Å². The highest BCUT2D eigenvalue weighted by Crippen LogP contribution is 2.25. The van der Waals surface area contributed by atoms with Gasteiger partial charge in [0.25, 0.3) is 0 Å². The van der Waals surface area contributed by atoms with Gasteiger partial charge in [-0.25, -0.2) is 4.57 Å². The predicted molar refractivity (Wildman–Crippen MR) is 48.6 cm³/mol. The quantitative estimate of drug-likeness (QED) is 0.240. The van der Waals surface area contributed by atoms with Crippen LogP contribution < -0.4 is 0 Å². The van der Waals surface area contributed by atoms with Gasteiger partial charge in [0.2, 0.25) is 0 Å². The van der Waals surface area contributed by atoms with Gasteiger partial charge < -0.3 is 34.8 Å². The average Bonchev–Trinajstić information content (AvgIpc) is 1.98. The Bertz CT molecular complexity index is 203. The third-order valence-corrected chi connectivity index (χ3v) is 1.12. The van der Waals surface area contributed by atoms with Crippen LogP contribution in [0.15, 0.2) is 0 Å². The molecule has 9 heteroatoms. The molecule has 0 aromatic rings. The van der Waals surface area contributed by atoms with Crippen LogP contribution in [0.3, 0.4) is 0 Å². The van der Waals surface area contributed by atoms with E-state index in [9.17, 15) is 4.79 Å². The third-order valence-electron chi connectivity index (χ3n) is 1.12. The number of carbonyl (C=O) groups excluding carboxylic acids is 1. The fourth-order valence-electron chi connectivity index (χ4n) is 0.580. The Balaban J connectivity index is 0. The summed E-state index contributed by atoms with van der Waals surface area (Å²) in [4.78, 5) is 31.4. The van der Waals surface area contributed by atoms with E-state index in [-0.39, 0.29) is 12.7 Å². The number of rotatable bonds is 4. The van der Waals surface area contributed by atoms with Gasteiger partial charge in [0.15, 0.2) is 6.29 Å². The van der Waals surface area contributed by atoms with Gasteiger partial charge >= 0.3 is 7.82 Å². The van der Waals surface area contributed by atoms with Crippen LogP contribution in [0, 0.1) is 0 Å². The fraction of sp³-hybridized carbons (Fsp3) is 0.833. The summed E-state index contributed by atoms with van der Waals surface area (Å²) in [6.07, 6.45) is -2.98. The number of phosphoric acid groups is 1. The number of aliphatic hydroxyl groups is 3. The largest absolute Gasteiger partial charge is 0.466 e. The molecule has 0 unspecified atom stereocenters. The van der Waals surface area contributed by atoms with Gasteiger partial charge in [0.05, 0.1) is 12.2 Å². The molecule has 0 aromatic carbocycles. The molecule has 0 spiro atoms. The molecule has 0 amide bonds. The minimum atomic E-state index is -4.64. The molecule has 0 saturated carbocycles. The van der Waals surface area contributed by atoms with Gasteiger partial charge in [-0.15, -0.1) is 0 Å². The monoisotopic (exact) mass is 246 g/mol. The molecule has 0 fully saturated rings.